The summed E-state index contributed by atoms with van der Waals surface area (Å²) in [6.07, 6.45) is 3.33. The maximum absolute atomic E-state index is 13.4. The van der Waals surface area contributed by atoms with Gasteiger partial charge in [0.2, 0.25) is 0 Å². The number of anilines is 1. The van der Waals surface area contributed by atoms with E-state index in [1.807, 2.05) is 23.1 Å². The summed E-state index contributed by atoms with van der Waals surface area (Å²) in [5, 5.41) is 2.07. The fraction of sp³-hybridized carbons (Fsp3) is 0.346. The molecule has 0 bridgehead atoms. The predicted molar refractivity (Wildman–Crippen MR) is 126 cm³/mol. The van der Waals surface area contributed by atoms with E-state index < -0.39 is 0 Å². The molecule has 2 aromatic carbocycles. The number of carbonyl (C=O) groups is 1. The first-order valence-electron chi connectivity index (χ1n) is 11.1. The minimum Gasteiger partial charge on any atom is -0.376 e. The predicted octanol–water partition coefficient (Wildman–Crippen LogP) is 5.13. The lowest BCUT2D eigenvalue weighted by atomic mass is 9.99. The zero-order chi connectivity index (χ0) is 21.0. The zero-order valence-electron chi connectivity index (χ0n) is 17.7. The number of thiophene rings is 1. The number of hydrogen-bond acceptors (Lipinski definition) is 4. The molecule has 5 rings (SSSR count). The summed E-state index contributed by atoms with van der Waals surface area (Å²) in [5.74, 6) is 0.0828. The Morgan fingerprint density at radius 3 is 2.65 bits per heavy atom. The third-order valence-electron chi connectivity index (χ3n) is 6.27. The Morgan fingerprint density at radius 2 is 1.90 bits per heavy atom. The maximum atomic E-state index is 13.4. The first-order chi connectivity index (χ1) is 15.3. The number of ether oxygens (including phenoxy) is 1. The summed E-state index contributed by atoms with van der Waals surface area (Å²) < 4.78 is 5.82. The Balaban J connectivity index is 1.30. The molecule has 1 fully saturated rings. The van der Waals surface area contributed by atoms with Crippen molar-refractivity contribution in [2.45, 2.75) is 38.5 Å². The summed E-state index contributed by atoms with van der Waals surface area (Å²) in [7, 11) is 0. The van der Waals surface area contributed by atoms with E-state index in [0.717, 1.165) is 44.5 Å². The first kappa shape index (κ1) is 20.3. The van der Waals surface area contributed by atoms with Crippen molar-refractivity contribution in [1.29, 1.82) is 0 Å². The molecule has 0 saturated carbocycles. The monoisotopic (exact) mass is 432 g/mol. The minimum atomic E-state index is 0.0828. The standard InChI is InChI=1S/C26H28N2O2S/c29-26(28(18-24-7-3-15-30-24)19-25-8-4-16-31-25)21-9-11-23(12-10-21)27-14-13-20-5-1-2-6-22(20)17-27/h1-2,4-6,8-12,16,24H,3,7,13-15,17-19H2. The molecule has 2 aliphatic heterocycles. The van der Waals surface area contributed by atoms with Crippen LogP contribution < -0.4 is 4.90 Å². The largest absolute Gasteiger partial charge is 0.376 e. The average Bonchev–Trinajstić information content (AvgIpc) is 3.52. The van der Waals surface area contributed by atoms with Crippen molar-refractivity contribution in [3.63, 3.8) is 0 Å². The number of benzene rings is 2. The summed E-state index contributed by atoms with van der Waals surface area (Å²) in [5.41, 5.74) is 4.77. The van der Waals surface area contributed by atoms with Crippen LogP contribution in [0.5, 0.6) is 0 Å². The third-order valence-corrected chi connectivity index (χ3v) is 7.13. The molecule has 0 spiro atoms. The van der Waals surface area contributed by atoms with Crippen molar-refractivity contribution >= 4 is 22.9 Å². The van der Waals surface area contributed by atoms with Crippen LogP contribution in [0.4, 0.5) is 5.69 Å². The van der Waals surface area contributed by atoms with E-state index in [2.05, 4.69) is 52.7 Å². The van der Waals surface area contributed by atoms with Gasteiger partial charge in [-0.1, -0.05) is 30.3 Å². The van der Waals surface area contributed by atoms with Crippen LogP contribution in [-0.2, 0) is 24.2 Å². The van der Waals surface area contributed by atoms with E-state index >= 15 is 0 Å². The maximum Gasteiger partial charge on any atom is 0.254 e. The van der Waals surface area contributed by atoms with Crippen LogP contribution >= 0.6 is 11.3 Å². The van der Waals surface area contributed by atoms with Crippen LogP contribution in [-0.4, -0.2) is 36.6 Å². The molecule has 3 aromatic rings. The average molecular weight is 433 g/mol. The van der Waals surface area contributed by atoms with Crippen LogP contribution in [0.15, 0.2) is 66.0 Å². The Labute approximate surface area is 188 Å². The molecule has 2 aliphatic rings. The van der Waals surface area contributed by atoms with Gasteiger partial charge in [0.05, 0.1) is 12.6 Å². The smallest absolute Gasteiger partial charge is 0.254 e. The molecule has 0 radical (unpaired) electrons. The number of carbonyl (C=O) groups excluding carboxylic acids is 1. The van der Waals surface area contributed by atoms with Gasteiger partial charge in [0.1, 0.15) is 0 Å². The molecular weight excluding hydrogens is 404 g/mol. The molecule has 1 saturated heterocycles. The van der Waals surface area contributed by atoms with E-state index in [1.165, 1.54) is 21.7 Å². The molecule has 160 valence electrons. The molecule has 1 amide bonds. The van der Waals surface area contributed by atoms with Gasteiger partial charge in [-0.15, -0.1) is 11.3 Å². The van der Waals surface area contributed by atoms with Gasteiger partial charge >= 0.3 is 0 Å². The third kappa shape index (κ3) is 4.68. The number of rotatable bonds is 6. The zero-order valence-corrected chi connectivity index (χ0v) is 18.5. The van der Waals surface area contributed by atoms with Crippen LogP contribution in [0, 0.1) is 0 Å². The normalized spacial score (nSPS) is 18.1. The van der Waals surface area contributed by atoms with E-state index in [9.17, 15) is 4.79 Å². The van der Waals surface area contributed by atoms with Gasteiger partial charge in [0.15, 0.2) is 0 Å². The van der Waals surface area contributed by atoms with Crippen molar-refractivity contribution in [3.8, 4) is 0 Å². The van der Waals surface area contributed by atoms with Gasteiger partial charge < -0.3 is 14.5 Å². The van der Waals surface area contributed by atoms with Crippen LogP contribution in [0.3, 0.4) is 0 Å². The Hall–Kier alpha value is -2.63. The van der Waals surface area contributed by atoms with Gasteiger partial charge in [0, 0.05) is 42.4 Å². The molecule has 31 heavy (non-hydrogen) atoms. The second-order valence-electron chi connectivity index (χ2n) is 8.39. The number of hydrogen-bond donors (Lipinski definition) is 0. The van der Waals surface area contributed by atoms with Gasteiger partial charge in [0.25, 0.3) is 5.91 Å². The summed E-state index contributed by atoms with van der Waals surface area (Å²) in [4.78, 5) is 18.9. The Morgan fingerprint density at radius 1 is 1.06 bits per heavy atom. The lowest BCUT2D eigenvalue weighted by molar-refractivity contribution is 0.0509. The van der Waals surface area contributed by atoms with Crippen molar-refractivity contribution in [2.24, 2.45) is 0 Å². The molecule has 4 nitrogen and oxygen atoms in total. The Kier molecular flexibility index (Phi) is 6.05. The summed E-state index contributed by atoms with van der Waals surface area (Å²) in [6.45, 7) is 4.03. The lowest BCUT2D eigenvalue weighted by Crippen LogP contribution is -2.36. The van der Waals surface area contributed by atoms with E-state index in [0.29, 0.717) is 13.1 Å². The molecule has 5 heteroatoms. The van der Waals surface area contributed by atoms with Crippen molar-refractivity contribution in [2.75, 3.05) is 24.6 Å². The van der Waals surface area contributed by atoms with E-state index in [4.69, 9.17) is 4.74 Å². The second-order valence-corrected chi connectivity index (χ2v) is 9.42. The number of amides is 1. The minimum absolute atomic E-state index is 0.0828. The van der Waals surface area contributed by atoms with Crippen molar-refractivity contribution < 1.29 is 9.53 Å². The SMILES string of the molecule is O=C(c1ccc(N2CCc3ccccc3C2)cc1)N(Cc1cccs1)CC1CCCO1. The topological polar surface area (TPSA) is 32.8 Å². The highest BCUT2D eigenvalue weighted by atomic mass is 32.1. The molecule has 3 heterocycles. The molecular formula is C26H28N2O2S. The van der Waals surface area contributed by atoms with Gasteiger partial charge in [-0.25, -0.2) is 0 Å². The Bertz CT molecular complexity index is 1010. The van der Waals surface area contributed by atoms with Gasteiger partial charge in [-0.3, -0.25) is 4.79 Å². The molecule has 0 N–H and O–H groups in total. The van der Waals surface area contributed by atoms with Crippen molar-refractivity contribution in [1.82, 2.24) is 4.90 Å². The fourth-order valence-electron chi connectivity index (χ4n) is 4.56. The summed E-state index contributed by atoms with van der Waals surface area (Å²) >= 11 is 1.70. The van der Waals surface area contributed by atoms with E-state index in [-0.39, 0.29) is 12.0 Å². The molecule has 1 atom stereocenters. The highest BCUT2D eigenvalue weighted by Crippen LogP contribution is 2.25. The number of nitrogens with zero attached hydrogens (tertiary/aromatic N) is 2. The molecule has 1 unspecified atom stereocenters. The highest BCUT2D eigenvalue weighted by Gasteiger charge is 2.24. The molecule has 1 aromatic heterocycles. The lowest BCUT2D eigenvalue weighted by Gasteiger charge is -2.31. The van der Waals surface area contributed by atoms with Gasteiger partial charge in [-0.2, -0.15) is 0 Å². The highest BCUT2D eigenvalue weighted by molar-refractivity contribution is 7.09. The number of fused-ring (bicyclic) bond motifs is 1. The fourth-order valence-corrected chi connectivity index (χ4v) is 5.28. The second kappa shape index (κ2) is 9.25. The van der Waals surface area contributed by atoms with Crippen molar-refractivity contribution in [3.05, 3.63) is 87.6 Å². The summed E-state index contributed by atoms with van der Waals surface area (Å²) in [6, 6.07) is 21.0. The van der Waals surface area contributed by atoms with Crippen LogP contribution in [0.25, 0.3) is 0 Å². The molecule has 0 aliphatic carbocycles. The van der Waals surface area contributed by atoms with Crippen LogP contribution in [0.1, 0.15) is 39.2 Å². The van der Waals surface area contributed by atoms with Gasteiger partial charge in [-0.05, 0) is 66.1 Å². The quantitative estimate of drug-likeness (QED) is 0.541. The van der Waals surface area contributed by atoms with Crippen LogP contribution in [0.2, 0.25) is 0 Å². The first-order valence-corrected chi connectivity index (χ1v) is 12.0. The van der Waals surface area contributed by atoms with E-state index in [1.54, 1.807) is 11.3 Å².